The number of rotatable bonds is 8. The van der Waals surface area contributed by atoms with Crippen LogP contribution in [0.4, 0.5) is 5.69 Å². The summed E-state index contributed by atoms with van der Waals surface area (Å²) in [6.45, 7) is 4.05. The molecule has 0 aromatic heterocycles. The van der Waals surface area contributed by atoms with Gasteiger partial charge in [-0.25, -0.2) is 0 Å². The molecule has 7 nitrogen and oxygen atoms in total. The Kier molecular flexibility index (Phi) is 6.32. The number of amides is 1. The highest BCUT2D eigenvalue weighted by atomic mass is 16.6. The number of carbonyl (C=O) groups excluding carboxylic acids is 2. The van der Waals surface area contributed by atoms with Gasteiger partial charge in [0.25, 0.3) is 5.91 Å². The van der Waals surface area contributed by atoms with Gasteiger partial charge in [0, 0.05) is 18.2 Å². The molecule has 0 aliphatic carbocycles. The number of carbonyl (C=O) groups is 2. The molecule has 0 aliphatic heterocycles. The van der Waals surface area contributed by atoms with Gasteiger partial charge < -0.3 is 10.1 Å². The first-order valence-corrected chi connectivity index (χ1v) is 6.67. The van der Waals surface area contributed by atoms with Crippen molar-refractivity contribution >= 4 is 17.9 Å². The maximum absolute atomic E-state index is 11.8. The fourth-order valence-corrected chi connectivity index (χ4v) is 1.63. The van der Waals surface area contributed by atoms with E-state index in [0.717, 1.165) is 18.9 Å². The maximum Gasteiger partial charge on any atom is 0.311 e. The number of unbranched alkanes of at least 4 members (excludes halogenated alkanes) is 1. The molecule has 1 N–H and O–H groups in total. The Balaban J connectivity index is 2.79. The molecule has 1 atom stereocenters. The normalized spacial score (nSPS) is 11.5. The molecule has 1 unspecified atom stereocenters. The summed E-state index contributed by atoms with van der Waals surface area (Å²) in [5.41, 5.74) is -0.165. The minimum absolute atomic E-state index is 0.0382. The van der Waals surface area contributed by atoms with Crippen molar-refractivity contribution in [1.29, 1.82) is 0 Å². The molecule has 0 saturated carbocycles. The number of nitrogens with one attached hydrogen (secondary N) is 1. The van der Waals surface area contributed by atoms with Gasteiger partial charge in [0.15, 0.2) is 11.9 Å². The van der Waals surface area contributed by atoms with Crippen LogP contribution in [0.2, 0.25) is 0 Å². The first kappa shape index (κ1) is 16.6. The Hall–Kier alpha value is -2.44. The smallest absolute Gasteiger partial charge is 0.311 e. The number of nitro benzene ring substituents is 1. The molecule has 0 bridgehead atoms. The largest absolute Gasteiger partial charge is 0.474 e. The van der Waals surface area contributed by atoms with E-state index >= 15 is 0 Å². The van der Waals surface area contributed by atoms with Crippen molar-refractivity contribution in [2.75, 3.05) is 6.54 Å². The van der Waals surface area contributed by atoms with Crippen LogP contribution in [0.25, 0.3) is 0 Å². The summed E-state index contributed by atoms with van der Waals surface area (Å²) in [7, 11) is 0. The van der Waals surface area contributed by atoms with Crippen molar-refractivity contribution in [2.24, 2.45) is 0 Å². The summed E-state index contributed by atoms with van der Waals surface area (Å²) in [5, 5.41) is 13.6. The summed E-state index contributed by atoms with van der Waals surface area (Å²) in [6, 6.07) is 3.83. The number of ether oxygens (including phenoxy) is 1. The second kappa shape index (κ2) is 7.98. The molecule has 0 fully saturated rings. The van der Waals surface area contributed by atoms with Crippen LogP contribution in [0, 0.1) is 10.1 Å². The average Bonchev–Trinajstić information content (AvgIpc) is 2.47. The van der Waals surface area contributed by atoms with Crippen LogP contribution in [0.1, 0.15) is 37.0 Å². The average molecular weight is 294 g/mol. The Morgan fingerprint density at radius 3 is 2.81 bits per heavy atom. The maximum atomic E-state index is 11.8. The number of benzene rings is 1. The zero-order valence-electron chi connectivity index (χ0n) is 12.0. The number of nitro groups is 1. The number of aldehydes is 1. The lowest BCUT2D eigenvalue weighted by molar-refractivity contribution is -0.386. The molecule has 0 aliphatic rings. The highest BCUT2D eigenvalue weighted by Crippen LogP contribution is 2.28. The quantitative estimate of drug-likeness (QED) is 0.342. The minimum Gasteiger partial charge on any atom is -0.474 e. The molecule has 0 radical (unpaired) electrons. The van der Waals surface area contributed by atoms with Crippen LogP contribution in [-0.4, -0.2) is 29.8 Å². The third-order valence-electron chi connectivity index (χ3n) is 2.82. The first-order valence-electron chi connectivity index (χ1n) is 6.67. The number of nitrogens with zero attached hydrogens (tertiary/aromatic N) is 1. The first-order chi connectivity index (χ1) is 9.99. The summed E-state index contributed by atoms with van der Waals surface area (Å²) < 4.78 is 5.33. The zero-order chi connectivity index (χ0) is 15.8. The van der Waals surface area contributed by atoms with Gasteiger partial charge in [0.05, 0.1) is 4.92 Å². The van der Waals surface area contributed by atoms with Gasteiger partial charge in [-0.2, -0.15) is 0 Å². The predicted molar refractivity (Wildman–Crippen MR) is 76.5 cm³/mol. The predicted octanol–water partition coefficient (Wildman–Crippen LogP) is 2.09. The molecule has 0 saturated heterocycles. The molecule has 21 heavy (non-hydrogen) atoms. The van der Waals surface area contributed by atoms with Crippen molar-refractivity contribution in [3.63, 3.8) is 0 Å². The van der Waals surface area contributed by atoms with Crippen LogP contribution in [0.15, 0.2) is 18.2 Å². The second-order valence-electron chi connectivity index (χ2n) is 4.51. The van der Waals surface area contributed by atoms with Crippen LogP contribution in [0.5, 0.6) is 5.75 Å². The van der Waals surface area contributed by atoms with Crippen molar-refractivity contribution in [3.05, 3.63) is 33.9 Å². The third-order valence-corrected chi connectivity index (χ3v) is 2.82. The Bertz CT molecular complexity index is 530. The van der Waals surface area contributed by atoms with Gasteiger partial charge in [-0.15, -0.1) is 0 Å². The standard InChI is InChI=1S/C14H18N2O5/c1-3-4-7-15-14(18)10(2)21-13-6-5-11(9-17)8-12(13)16(19)20/h5-6,8-10H,3-4,7H2,1-2H3,(H,15,18). The topological polar surface area (TPSA) is 98.5 Å². The summed E-state index contributed by atoms with van der Waals surface area (Å²) >= 11 is 0. The molecular weight excluding hydrogens is 276 g/mol. The second-order valence-corrected chi connectivity index (χ2v) is 4.51. The fourth-order valence-electron chi connectivity index (χ4n) is 1.63. The van der Waals surface area contributed by atoms with Crippen LogP contribution < -0.4 is 10.1 Å². The highest BCUT2D eigenvalue weighted by molar-refractivity contribution is 5.81. The van der Waals surface area contributed by atoms with E-state index in [2.05, 4.69) is 5.32 Å². The van der Waals surface area contributed by atoms with Gasteiger partial charge in [-0.3, -0.25) is 19.7 Å². The molecule has 1 rings (SSSR count). The molecule has 0 heterocycles. The highest BCUT2D eigenvalue weighted by Gasteiger charge is 2.21. The molecule has 0 spiro atoms. The van der Waals surface area contributed by atoms with E-state index < -0.39 is 11.0 Å². The summed E-state index contributed by atoms with van der Waals surface area (Å²) in [5.74, 6) is -0.374. The van der Waals surface area contributed by atoms with Gasteiger partial charge >= 0.3 is 5.69 Å². The number of hydrogen-bond acceptors (Lipinski definition) is 5. The summed E-state index contributed by atoms with van der Waals surface area (Å²) in [4.78, 5) is 32.7. The van der Waals surface area contributed by atoms with Crippen molar-refractivity contribution < 1.29 is 19.2 Å². The van der Waals surface area contributed by atoms with Crippen molar-refractivity contribution in [3.8, 4) is 5.75 Å². The van der Waals surface area contributed by atoms with Crippen LogP contribution >= 0.6 is 0 Å². The van der Waals surface area contributed by atoms with E-state index in [4.69, 9.17) is 4.74 Å². The zero-order valence-corrected chi connectivity index (χ0v) is 12.0. The SMILES string of the molecule is CCCCNC(=O)C(C)Oc1ccc(C=O)cc1[N+](=O)[O-]. The Labute approximate surface area is 122 Å². The van der Waals surface area contributed by atoms with Crippen LogP contribution in [0.3, 0.4) is 0 Å². The van der Waals surface area contributed by atoms with Crippen molar-refractivity contribution in [1.82, 2.24) is 5.32 Å². The molecule has 1 aromatic carbocycles. The van der Waals surface area contributed by atoms with E-state index in [0.29, 0.717) is 12.8 Å². The van der Waals surface area contributed by atoms with Crippen LogP contribution in [-0.2, 0) is 4.79 Å². The number of hydrogen-bond donors (Lipinski definition) is 1. The third kappa shape index (κ3) is 4.87. The minimum atomic E-state index is -0.859. The van der Waals surface area contributed by atoms with Gasteiger partial charge in [-0.05, 0) is 25.5 Å². The lowest BCUT2D eigenvalue weighted by Gasteiger charge is -2.14. The molecule has 7 heteroatoms. The van der Waals surface area contributed by atoms with Crippen molar-refractivity contribution in [2.45, 2.75) is 32.8 Å². The Morgan fingerprint density at radius 1 is 1.52 bits per heavy atom. The summed E-state index contributed by atoms with van der Waals surface area (Å²) in [6.07, 6.45) is 1.46. The van der Waals surface area contributed by atoms with E-state index in [1.54, 1.807) is 0 Å². The van der Waals surface area contributed by atoms with E-state index in [-0.39, 0.29) is 22.9 Å². The molecular formula is C14H18N2O5. The van der Waals surface area contributed by atoms with E-state index in [9.17, 15) is 19.7 Å². The van der Waals surface area contributed by atoms with Gasteiger partial charge in [0.1, 0.15) is 6.29 Å². The fraction of sp³-hybridized carbons (Fsp3) is 0.429. The molecule has 1 aromatic rings. The van der Waals surface area contributed by atoms with Gasteiger partial charge in [0.2, 0.25) is 0 Å². The molecule has 1 amide bonds. The van der Waals surface area contributed by atoms with Gasteiger partial charge in [-0.1, -0.05) is 13.3 Å². The monoisotopic (exact) mass is 294 g/mol. The Morgan fingerprint density at radius 2 is 2.24 bits per heavy atom. The van der Waals surface area contributed by atoms with E-state index in [1.807, 2.05) is 6.92 Å². The lowest BCUT2D eigenvalue weighted by atomic mass is 10.2. The van der Waals surface area contributed by atoms with E-state index in [1.165, 1.54) is 19.1 Å². The lowest BCUT2D eigenvalue weighted by Crippen LogP contribution is -2.36. The molecule has 114 valence electrons.